The number of nitrogens with one attached hydrogen (secondary N) is 1. The standard InChI is InChI=1S/C11H13ClN2O2/c1-7(2)3-5-13-10-9(12)8(11(15)16)4-6-14-10/h3-4,6H,5H2,1-2H3,(H,13,14)(H,15,16). The van der Waals surface area contributed by atoms with Gasteiger partial charge in [-0.2, -0.15) is 0 Å². The van der Waals surface area contributed by atoms with Gasteiger partial charge in [0.05, 0.1) is 10.6 Å². The average molecular weight is 241 g/mol. The summed E-state index contributed by atoms with van der Waals surface area (Å²) in [5, 5.41) is 11.9. The minimum Gasteiger partial charge on any atom is -0.478 e. The zero-order valence-electron chi connectivity index (χ0n) is 9.12. The molecule has 0 aliphatic heterocycles. The Labute approximate surface area is 99.0 Å². The zero-order valence-corrected chi connectivity index (χ0v) is 9.88. The van der Waals surface area contributed by atoms with Crippen molar-refractivity contribution in [2.24, 2.45) is 0 Å². The van der Waals surface area contributed by atoms with Crippen LogP contribution in [0.5, 0.6) is 0 Å². The van der Waals surface area contributed by atoms with Crippen LogP contribution in [0.25, 0.3) is 0 Å². The number of halogens is 1. The molecule has 86 valence electrons. The summed E-state index contributed by atoms with van der Waals surface area (Å²) in [4.78, 5) is 14.8. The molecule has 0 aliphatic carbocycles. The van der Waals surface area contributed by atoms with Gasteiger partial charge in [0.25, 0.3) is 0 Å². The third kappa shape index (κ3) is 3.24. The van der Waals surface area contributed by atoms with E-state index in [1.165, 1.54) is 12.3 Å². The number of nitrogens with zero attached hydrogens (tertiary/aromatic N) is 1. The predicted octanol–water partition coefficient (Wildman–Crippen LogP) is 2.81. The fourth-order valence-corrected chi connectivity index (χ4v) is 1.34. The van der Waals surface area contributed by atoms with E-state index in [-0.39, 0.29) is 10.6 Å². The molecule has 0 aliphatic rings. The summed E-state index contributed by atoms with van der Waals surface area (Å²) in [6.07, 6.45) is 3.38. The van der Waals surface area contributed by atoms with Crippen molar-refractivity contribution in [2.75, 3.05) is 11.9 Å². The van der Waals surface area contributed by atoms with Crippen molar-refractivity contribution >= 4 is 23.4 Å². The molecule has 1 aromatic heterocycles. The Hall–Kier alpha value is -1.55. The smallest absolute Gasteiger partial charge is 0.337 e. The Morgan fingerprint density at radius 1 is 1.62 bits per heavy atom. The molecular formula is C11H13ClN2O2. The minimum absolute atomic E-state index is 0.0522. The van der Waals surface area contributed by atoms with E-state index < -0.39 is 5.97 Å². The molecule has 0 aromatic carbocycles. The quantitative estimate of drug-likeness (QED) is 0.795. The SMILES string of the molecule is CC(C)=CCNc1nccc(C(=O)O)c1Cl. The number of aromatic nitrogens is 1. The summed E-state index contributed by atoms with van der Waals surface area (Å²) in [7, 11) is 0. The highest BCUT2D eigenvalue weighted by Crippen LogP contribution is 2.23. The van der Waals surface area contributed by atoms with E-state index in [1.807, 2.05) is 19.9 Å². The lowest BCUT2D eigenvalue weighted by atomic mass is 10.2. The first kappa shape index (κ1) is 12.5. The Morgan fingerprint density at radius 3 is 2.88 bits per heavy atom. The molecule has 1 heterocycles. The van der Waals surface area contributed by atoms with E-state index in [9.17, 15) is 4.79 Å². The van der Waals surface area contributed by atoms with Crippen LogP contribution >= 0.6 is 11.6 Å². The highest BCUT2D eigenvalue weighted by atomic mass is 35.5. The van der Waals surface area contributed by atoms with Gasteiger partial charge in [-0.1, -0.05) is 23.3 Å². The normalized spacial score (nSPS) is 9.69. The maximum Gasteiger partial charge on any atom is 0.337 e. The first-order valence-corrected chi connectivity index (χ1v) is 5.15. The lowest BCUT2D eigenvalue weighted by molar-refractivity contribution is 0.0697. The Bertz CT molecular complexity index is 426. The van der Waals surface area contributed by atoms with Gasteiger partial charge in [0, 0.05) is 12.7 Å². The van der Waals surface area contributed by atoms with Gasteiger partial charge >= 0.3 is 5.97 Å². The third-order valence-electron chi connectivity index (χ3n) is 1.90. The van der Waals surface area contributed by atoms with Gasteiger partial charge in [-0.25, -0.2) is 9.78 Å². The number of aromatic carboxylic acids is 1. The molecule has 0 saturated carbocycles. The van der Waals surface area contributed by atoms with Crippen LogP contribution in [0, 0.1) is 0 Å². The molecule has 1 aromatic rings. The molecule has 0 amide bonds. The molecule has 0 bridgehead atoms. The van der Waals surface area contributed by atoms with Gasteiger partial charge in [-0.15, -0.1) is 0 Å². The van der Waals surface area contributed by atoms with Crippen LogP contribution in [-0.4, -0.2) is 22.6 Å². The lowest BCUT2D eigenvalue weighted by Crippen LogP contribution is -2.05. The van der Waals surface area contributed by atoms with Crippen molar-refractivity contribution in [3.05, 3.63) is 34.5 Å². The van der Waals surface area contributed by atoms with Crippen molar-refractivity contribution in [1.82, 2.24) is 4.98 Å². The number of allylic oxidation sites excluding steroid dienone is 1. The minimum atomic E-state index is -1.06. The van der Waals surface area contributed by atoms with Crippen LogP contribution in [-0.2, 0) is 0 Å². The molecule has 2 N–H and O–H groups in total. The van der Waals surface area contributed by atoms with Crippen LogP contribution in [0.3, 0.4) is 0 Å². The molecule has 0 atom stereocenters. The van der Waals surface area contributed by atoms with E-state index in [0.717, 1.165) is 5.57 Å². The largest absolute Gasteiger partial charge is 0.478 e. The summed E-state index contributed by atoms with van der Waals surface area (Å²) < 4.78 is 0. The van der Waals surface area contributed by atoms with E-state index in [4.69, 9.17) is 16.7 Å². The number of carboxylic acid groups (broad SMARTS) is 1. The molecule has 1 rings (SSSR count). The average Bonchev–Trinajstić information content (AvgIpc) is 2.19. The predicted molar refractivity (Wildman–Crippen MR) is 64.1 cm³/mol. The number of anilines is 1. The topological polar surface area (TPSA) is 62.2 Å². The van der Waals surface area contributed by atoms with E-state index in [1.54, 1.807) is 0 Å². The van der Waals surface area contributed by atoms with Gasteiger partial charge in [-0.05, 0) is 19.9 Å². The van der Waals surface area contributed by atoms with Crippen molar-refractivity contribution in [3.8, 4) is 0 Å². The number of hydrogen-bond acceptors (Lipinski definition) is 3. The summed E-state index contributed by atoms with van der Waals surface area (Å²) >= 11 is 5.89. The maximum absolute atomic E-state index is 10.8. The molecule has 4 nitrogen and oxygen atoms in total. The third-order valence-corrected chi connectivity index (χ3v) is 2.28. The van der Waals surface area contributed by atoms with Crippen molar-refractivity contribution < 1.29 is 9.90 Å². The summed E-state index contributed by atoms with van der Waals surface area (Å²) in [5.41, 5.74) is 1.22. The van der Waals surface area contributed by atoms with E-state index in [0.29, 0.717) is 12.4 Å². The highest BCUT2D eigenvalue weighted by molar-refractivity contribution is 6.35. The van der Waals surface area contributed by atoms with Gasteiger partial charge < -0.3 is 10.4 Å². The molecule has 16 heavy (non-hydrogen) atoms. The van der Waals surface area contributed by atoms with E-state index >= 15 is 0 Å². The number of carbonyl (C=O) groups is 1. The van der Waals surface area contributed by atoms with Crippen molar-refractivity contribution in [2.45, 2.75) is 13.8 Å². The van der Waals surface area contributed by atoms with Crippen LogP contribution < -0.4 is 5.32 Å². The maximum atomic E-state index is 10.8. The number of carboxylic acids is 1. The van der Waals surface area contributed by atoms with Crippen LogP contribution in [0.4, 0.5) is 5.82 Å². The van der Waals surface area contributed by atoms with Crippen molar-refractivity contribution in [1.29, 1.82) is 0 Å². The second kappa shape index (κ2) is 5.51. The fraction of sp³-hybridized carbons (Fsp3) is 0.273. The fourth-order valence-electron chi connectivity index (χ4n) is 1.08. The molecule has 0 radical (unpaired) electrons. The summed E-state index contributed by atoms with van der Waals surface area (Å²) in [6.45, 7) is 4.52. The lowest BCUT2D eigenvalue weighted by Gasteiger charge is -2.06. The van der Waals surface area contributed by atoms with Gasteiger partial charge in [-0.3, -0.25) is 0 Å². The molecule has 0 saturated heterocycles. The van der Waals surface area contributed by atoms with Gasteiger partial charge in [0.2, 0.25) is 0 Å². The molecular weight excluding hydrogens is 228 g/mol. The first-order chi connectivity index (χ1) is 7.52. The Kier molecular flexibility index (Phi) is 4.31. The van der Waals surface area contributed by atoms with Crippen molar-refractivity contribution in [3.63, 3.8) is 0 Å². The summed E-state index contributed by atoms with van der Waals surface area (Å²) in [5.74, 6) is -0.670. The number of rotatable bonds is 4. The number of pyridine rings is 1. The molecule has 0 spiro atoms. The Balaban J connectivity index is 2.85. The summed E-state index contributed by atoms with van der Waals surface area (Å²) in [6, 6.07) is 1.37. The van der Waals surface area contributed by atoms with Crippen LogP contribution in [0.2, 0.25) is 5.02 Å². The van der Waals surface area contributed by atoms with Gasteiger partial charge in [0.1, 0.15) is 5.82 Å². The van der Waals surface area contributed by atoms with Crippen LogP contribution in [0.15, 0.2) is 23.9 Å². The Morgan fingerprint density at radius 2 is 2.31 bits per heavy atom. The van der Waals surface area contributed by atoms with Gasteiger partial charge in [0.15, 0.2) is 0 Å². The number of hydrogen-bond donors (Lipinski definition) is 2. The van der Waals surface area contributed by atoms with E-state index in [2.05, 4.69) is 10.3 Å². The molecule has 0 unspecified atom stereocenters. The van der Waals surface area contributed by atoms with Crippen LogP contribution in [0.1, 0.15) is 24.2 Å². The zero-order chi connectivity index (χ0) is 12.1. The monoisotopic (exact) mass is 240 g/mol. The molecule has 5 heteroatoms. The second-order valence-corrected chi connectivity index (χ2v) is 3.87. The second-order valence-electron chi connectivity index (χ2n) is 3.49. The molecule has 0 fully saturated rings. The highest BCUT2D eigenvalue weighted by Gasteiger charge is 2.12. The first-order valence-electron chi connectivity index (χ1n) is 4.77.